The normalized spacial score (nSPS) is 7.88. The van der Waals surface area contributed by atoms with Gasteiger partial charge in [0.15, 0.2) is 0 Å². The zero-order valence-electron chi connectivity index (χ0n) is 6.70. The van der Waals surface area contributed by atoms with Crippen LogP contribution in [0.4, 0.5) is 0 Å². The molecule has 0 bridgehead atoms. The van der Waals surface area contributed by atoms with Gasteiger partial charge in [-0.25, -0.2) is 0 Å². The van der Waals surface area contributed by atoms with Crippen LogP contribution in [-0.4, -0.2) is 6.71 Å². The van der Waals surface area contributed by atoms with E-state index in [1.165, 1.54) is 19.0 Å². The molecule has 0 rings (SSSR count). The van der Waals surface area contributed by atoms with Crippen molar-refractivity contribution in [3.63, 3.8) is 0 Å². The first kappa shape index (κ1) is 11.5. The van der Waals surface area contributed by atoms with Gasteiger partial charge in [-0.15, -0.1) is 0 Å². The summed E-state index contributed by atoms with van der Waals surface area (Å²) in [5.41, 5.74) is 0. The van der Waals surface area contributed by atoms with E-state index >= 15 is 0 Å². The first-order chi connectivity index (χ1) is 3.35. The Morgan fingerprint density at radius 1 is 0.875 bits per heavy atom. The Hall–Kier alpha value is 0.662. The van der Waals surface area contributed by atoms with Crippen LogP contribution in [0, 0.1) is 0 Å². The van der Waals surface area contributed by atoms with Crippen molar-refractivity contribution in [3.8, 4) is 0 Å². The molecule has 0 unspecified atom stereocenters. The van der Waals surface area contributed by atoms with Crippen LogP contribution in [0.2, 0.25) is 19.0 Å². The van der Waals surface area contributed by atoms with Gasteiger partial charge < -0.3 is 0 Å². The minimum Gasteiger partial charge on any atom is -0.0770 e. The van der Waals surface area contributed by atoms with Gasteiger partial charge in [0.2, 0.25) is 0 Å². The van der Waals surface area contributed by atoms with E-state index in [4.69, 9.17) is 0 Å². The van der Waals surface area contributed by atoms with Gasteiger partial charge in [-0.2, -0.15) is 0 Å². The molecule has 0 aromatic carbocycles. The van der Waals surface area contributed by atoms with Crippen LogP contribution in [-0.2, 0) is 0 Å². The second-order valence-corrected chi connectivity index (χ2v) is 2.09. The molecule has 0 spiro atoms. The van der Waals surface area contributed by atoms with E-state index < -0.39 is 0 Å². The molecule has 0 saturated carbocycles. The van der Waals surface area contributed by atoms with Crippen LogP contribution in [0.5, 0.6) is 0 Å². The van der Waals surface area contributed by atoms with Gasteiger partial charge in [0, 0.05) is 0 Å². The molecule has 0 aromatic rings. The summed E-state index contributed by atoms with van der Waals surface area (Å²) >= 11 is 0. The molecule has 0 amide bonds. The summed E-state index contributed by atoms with van der Waals surface area (Å²) in [6.07, 6.45) is 4.06. The van der Waals surface area contributed by atoms with E-state index in [2.05, 4.69) is 20.8 Å². The Morgan fingerprint density at radius 3 is 1.12 bits per heavy atom. The second kappa shape index (κ2) is 7.66. The van der Waals surface area contributed by atoms with E-state index in [0.29, 0.717) is 0 Å². The third kappa shape index (κ3) is 4.81. The van der Waals surface area contributed by atoms with E-state index in [9.17, 15) is 0 Å². The molecule has 0 aliphatic carbocycles. The molecular formula is C6H15BLi+. The Kier molecular flexibility index (Phi) is 11.0. The maximum atomic E-state index is 2.26. The molecule has 0 radical (unpaired) electrons. The Morgan fingerprint density at radius 2 is 1.12 bits per heavy atom. The van der Waals surface area contributed by atoms with Gasteiger partial charge in [0.25, 0.3) is 0 Å². The average Bonchev–Trinajstić information content (AvgIpc) is 1.72. The fourth-order valence-corrected chi connectivity index (χ4v) is 0.866. The maximum Gasteiger partial charge on any atom is 1.00 e. The standard InChI is InChI=1S/C6H15B.Li/c1-4-7(5-2)6-3;/h4-6H2,1-3H3;/q;+1. The first-order valence-electron chi connectivity index (χ1n) is 3.35. The molecule has 0 nitrogen and oxygen atoms in total. The molecular weight excluding hydrogens is 89.8 g/mol. The molecule has 8 heavy (non-hydrogen) atoms. The number of hydrogen-bond donors (Lipinski definition) is 0. The first-order valence-corrected chi connectivity index (χ1v) is 3.35. The van der Waals surface area contributed by atoms with Crippen LogP contribution in [0.3, 0.4) is 0 Å². The van der Waals surface area contributed by atoms with Gasteiger partial charge >= 0.3 is 18.9 Å². The molecule has 0 saturated heterocycles. The molecule has 0 aliphatic heterocycles. The predicted molar refractivity (Wildman–Crippen MR) is 37.2 cm³/mol. The molecule has 0 aliphatic rings. The summed E-state index contributed by atoms with van der Waals surface area (Å²) < 4.78 is 0. The second-order valence-electron chi connectivity index (χ2n) is 2.09. The zero-order valence-corrected chi connectivity index (χ0v) is 6.70. The van der Waals surface area contributed by atoms with Crippen molar-refractivity contribution < 1.29 is 18.9 Å². The van der Waals surface area contributed by atoms with Crippen molar-refractivity contribution >= 4 is 6.71 Å². The quantitative estimate of drug-likeness (QED) is 0.426. The molecule has 0 heterocycles. The minimum atomic E-state index is 0. The van der Waals surface area contributed by atoms with Gasteiger partial charge in [0.05, 0.1) is 0 Å². The molecule has 0 aromatic heterocycles. The third-order valence-corrected chi connectivity index (χ3v) is 1.73. The monoisotopic (exact) mass is 105 g/mol. The molecule has 0 N–H and O–H groups in total. The van der Waals surface area contributed by atoms with Gasteiger partial charge in [0.1, 0.15) is 6.71 Å². The summed E-state index contributed by atoms with van der Waals surface area (Å²) in [5.74, 6) is 0. The van der Waals surface area contributed by atoms with E-state index in [1.807, 2.05) is 0 Å². The molecule has 0 atom stereocenters. The fraction of sp³-hybridized carbons (Fsp3) is 1.00. The van der Waals surface area contributed by atoms with Crippen molar-refractivity contribution in [2.45, 2.75) is 39.7 Å². The molecule has 2 heteroatoms. The summed E-state index contributed by atoms with van der Waals surface area (Å²) in [6, 6.07) is 0. The van der Waals surface area contributed by atoms with Crippen LogP contribution >= 0.6 is 0 Å². The fourth-order valence-electron chi connectivity index (χ4n) is 0.866. The summed E-state index contributed by atoms with van der Waals surface area (Å²) in [5, 5.41) is 0. The smallest absolute Gasteiger partial charge is 0.0770 e. The van der Waals surface area contributed by atoms with Gasteiger partial charge in [-0.3, -0.25) is 0 Å². The Bertz CT molecular complexity index is 30.0. The van der Waals surface area contributed by atoms with E-state index in [0.717, 1.165) is 6.71 Å². The van der Waals surface area contributed by atoms with Crippen molar-refractivity contribution in [3.05, 3.63) is 0 Å². The predicted octanol–water partition coefficient (Wildman–Crippen LogP) is -0.455. The topological polar surface area (TPSA) is 0 Å². The minimum absolute atomic E-state index is 0. The Balaban J connectivity index is 0. The average molecular weight is 105 g/mol. The van der Waals surface area contributed by atoms with Crippen LogP contribution < -0.4 is 18.9 Å². The summed E-state index contributed by atoms with van der Waals surface area (Å²) in [6.45, 7) is 7.77. The van der Waals surface area contributed by atoms with Crippen molar-refractivity contribution in [1.29, 1.82) is 0 Å². The van der Waals surface area contributed by atoms with Crippen molar-refractivity contribution in [2.24, 2.45) is 0 Å². The van der Waals surface area contributed by atoms with Crippen LogP contribution in [0.15, 0.2) is 0 Å². The molecule has 42 valence electrons. The number of rotatable bonds is 3. The SMILES string of the molecule is CCB(CC)CC.[Li+]. The third-order valence-electron chi connectivity index (χ3n) is 1.73. The Labute approximate surface area is 65.7 Å². The van der Waals surface area contributed by atoms with Crippen molar-refractivity contribution in [2.75, 3.05) is 0 Å². The van der Waals surface area contributed by atoms with Crippen LogP contribution in [0.25, 0.3) is 0 Å². The summed E-state index contributed by atoms with van der Waals surface area (Å²) in [4.78, 5) is 0. The number of hydrogen-bond acceptors (Lipinski definition) is 0. The van der Waals surface area contributed by atoms with E-state index in [-0.39, 0.29) is 18.9 Å². The molecule has 0 fully saturated rings. The van der Waals surface area contributed by atoms with Crippen LogP contribution in [0.1, 0.15) is 20.8 Å². The van der Waals surface area contributed by atoms with E-state index in [1.54, 1.807) is 0 Å². The summed E-state index contributed by atoms with van der Waals surface area (Å²) in [7, 11) is 0. The maximum absolute atomic E-state index is 2.26. The van der Waals surface area contributed by atoms with Gasteiger partial charge in [-0.05, 0) is 0 Å². The van der Waals surface area contributed by atoms with Gasteiger partial charge in [-0.1, -0.05) is 39.7 Å². The van der Waals surface area contributed by atoms with Crippen molar-refractivity contribution in [1.82, 2.24) is 0 Å². The zero-order chi connectivity index (χ0) is 5.70. The largest absolute Gasteiger partial charge is 1.00 e.